The third kappa shape index (κ3) is 5.01. The largest absolute Gasteiger partial charge is 0.487 e. The Morgan fingerprint density at radius 2 is 1.98 bits per heavy atom. The first-order valence-electron chi connectivity index (χ1n) is 15.2. The van der Waals surface area contributed by atoms with Crippen molar-refractivity contribution in [1.82, 2.24) is 14.1 Å². The fraction of sp³-hybridized carbons (Fsp3) is 0.375. The molecular weight excluding hydrogens is 620 g/mol. The Bertz CT molecular complexity index is 2000. The van der Waals surface area contributed by atoms with Crippen LogP contribution in [0.1, 0.15) is 35.7 Å². The van der Waals surface area contributed by atoms with Crippen molar-refractivity contribution in [3.8, 4) is 11.5 Å². The van der Waals surface area contributed by atoms with Crippen LogP contribution in [0.3, 0.4) is 0 Å². The number of fused-ring (bicyclic) bond motifs is 5. The zero-order chi connectivity index (χ0) is 32.6. The summed E-state index contributed by atoms with van der Waals surface area (Å²) in [5, 5.41) is 21.0. The van der Waals surface area contributed by atoms with Crippen molar-refractivity contribution in [1.29, 1.82) is 0 Å². The third-order valence-electron chi connectivity index (χ3n) is 9.17. The number of halogens is 2. The highest BCUT2D eigenvalue weighted by Crippen LogP contribution is 2.48. The van der Waals surface area contributed by atoms with E-state index in [1.807, 2.05) is 0 Å². The van der Waals surface area contributed by atoms with Crippen LogP contribution in [-0.4, -0.2) is 80.4 Å². The fourth-order valence-electron chi connectivity index (χ4n) is 6.84. The normalized spacial score (nSPS) is 23.4. The lowest BCUT2D eigenvalue weighted by Gasteiger charge is -2.34. The molecule has 2 aromatic heterocycles. The van der Waals surface area contributed by atoms with E-state index in [1.165, 1.54) is 23.2 Å². The Kier molecular flexibility index (Phi) is 6.65. The molecule has 3 aliphatic heterocycles. The van der Waals surface area contributed by atoms with E-state index < -0.39 is 52.4 Å². The number of carboxylic acid groups (broad SMARTS) is 1. The van der Waals surface area contributed by atoms with Gasteiger partial charge in [-0.25, -0.2) is 23.4 Å². The summed E-state index contributed by atoms with van der Waals surface area (Å²) in [6, 6.07) is 4.62. The molecule has 13 nitrogen and oxygen atoms in total. The minimum absolute atomic E-state index is 0.0443. The van der Waals surface area contributed by atoms with E-state index in [2.05, 4.69) is 4.98 Å². The average molecular weight is 650 g/mol. The molecule has 15 heteroatoms. The highest BCUT2D eigenvalue weighted by molar-refractivity contribution is 5.97. The second-order valence-electron chi connectivity index (χ2n) is 12.5. The molecule has 1 amide bonds. The lowest BCUT2D eigenvalue weighted by molar-refractivity contribution is 0.00980. The Balaban J connectivity index is 1.01. The Labute approximate surface area is 265 Å². The molecule has 244 valence electrons. The first-order valence-corrected chi connectivity index (χ1v) is 15.2. The lowest BCUT2D eigenvalue weighted by atomic mass is 10.0. The molecule has 5 heterocycles. The summed E-state index contributed by atoms with van der Waals surface area (Å²) < 4.78 is 51.6. The topological polar surface area (TPSA) is 149 Å². The van der Waals surface area contributed by atoms with Gasteiger partial charge in [-0.2, -0.15) is 0 Å². The quantitative estimate of drug-likeness (QED) is 0.291. The summed E-state index contributed by atoms with van der Waals surface area (Å²) in [5.41, 5.74) is -2.07. The molecule has 1 aliphatic carbocycles. The van der Waals surface area contributed by atoms with Crippen LogP contribution in [0.15, 0.2) is 54.0 Å². The van der Waals surface area contributed by atoms with Gasteiger partial charge in [0, 0.05) is 37.1 Å². The van der Waals surface area contributed by atoms with E-state index in [9.17, 15) is 24.6 Å². The number of cyclic esters (lactones) is 1. The summed E-state index contributed by atoms with van der Waals surface area (Å²) in [7, 11) is 0. The van der Waals surface area contributed by atoms with Gasteiger partial charge >= 0.3 is 12.1 Å². The van der Waals surface area contributed by atoms with Crippen molar-refractivity contribution in [3.63, 3.8) is 0 Å². The second kappa shape index (κ2) is 10.7. The number of aromatic nitrogens is 3. The maximum atomic E-state index is 15.7. The SMILES string of the molecule is O=C(O)c1cn(C2CC2)c2c3c(c(F)cc2c1=O)N1C[C@](O)(COc2ccc(N4C[C@H](Cn5ccnc5)OC4=O)cc2F)C[C@H]1CO3. The smallest absolute Gasteiger partial charge is 0.414 e. The first-order chi connectivity index (χ1) is 22.6. The fourth-order valence-corrected chi connectivity index (χ4v) is 6.84. The molecular formula is C32H29F2N5O8. The Morgan fingerprint density at radius 1 is 1.15 bits per heavy atom. The molecule has 0 bridgehead atoms. The van der Waals surface area contributed by atoms with Gasteiger partial charge in [0.25, 0.3) is 0 Å². The van der Waals surface area contributed by atoms with Crippen LogP contribution in [0.2, 0.25) is 0 Å². The summed E-state index contributed by atoms with van der Waals surface area (Å²) >= 11 is 0. The van der Waals surface area contributed by atoms with Crippen LogP contribution >= 0.6 is 0 Å². The van der Waals surface area contributed by atoms with E-state index in [0.29, 0.717) is 17.7 Å². The number of hydrogen-bond acceptors (Lipinski definition) is 9. The number of carboxylic acids is 1. The number of carbonyl (C=O) groups is 2. The van der Waals surface area contributed by atoms with Crippen molar-refractivity contribution >= 4 is 34.3 Å². The van der Waals surface area contributed by atoms with E-state index in [4.69, 9.17) is 14.2 Å². The lowest BCUT2D eigenvalue weighted by Crippen LogP contribution is -2.41. The molecule has 2 aromatic carbocycles. The summed E-state index contributed by atoms with van der Waals surface area (Å²) in [5.74, 6) is -2.92. The zero-order valence-corrected chi connectivity index (χ0v) is 24.8. The molecule has 4 aromatic rings. The molecule has 47 heavy (non-hydrogen) atoms. The van der Waals surface area contributed by atoms with Gasteiger partial charge in [0.15, 0.2) is 23.1 Å². The van der Waals surface area contributed by atoms with Gasteiger partial charge in [-0.3, -0.25) is 9.69 Å². The number of anilines is 2. The summed E-state index contributed by atoms with van der Waals surface area (Å²) in [6.45, 7) is 0.331. The molecule has 4 aliphatic rings. The van der Waals surface area contributed by atoms with E-state index in [1.54, 1.807) is 32.8 Å². The number of amides is 1. The van der Waals surface area contributed by atoms with Crippen LogP contribution in [0.25, 0.3) is 10.9 Å². The molecule has 2 N–H and O–H groups in total. The summed E-state index contributed by atoms with van der Waals surface area (Å²) in [6.07, 6.45) is 6.93. The number of imidazole rings is 1. The number of ether oxygens (including phenoxy) is 3. The van der Waals surface area contributed by atoms with Crippen LogP contribution in [0, 0.1) is 11.6 Å². The highest BCUT2D eigenvalue weighted by atomic mass is 19.1. The third-order valence-corrected chi connectivity index (χ3v) is 9.17. The van der Waals surface area contributed by atoms with Crippen LogP contribution in [-0.2, 0) is 11.3 Å². The molecule has 0 spiro atoms. The maximum absolute atomic E-state index is 15.7. The average Bonchev–Trinajstić information content (AvgIpc) is 3.45. The number of nitrogens with zero attached hydrogens (tertiary/aromatic N) is 5. The van der Waals surface area contributed by atoms with E-state index >= 15 is 8.78 Å². The molecule has 0 unspecified atom stereocenters. The van der Waals surface area contributed by atoms with E-state index in [0.717, 1.165) is 25.0 Å². The predicted octanol–water partition coefficient (Wildman–Crippen LogP) is 3.32. The van der Waals surface area contributed by atoms with Crippen LogP contribution < -0.4 is 24.7 Å². The molecule has 8 rings (SSSR count). The van der Waals surface area contributed by atoms with Gasteiger partial charge < -0.3 is 38.5 Å². The Morgan fingerprint density at radius 3 is 2.70 bits per heavy atom. The van der Waals surface area contributed by atoms with Crippen molar-refractivity contribution in [2.75, 3.05) is 36.1 Å². The van der Waals surface area contributed by atoms with Crippen LogP contribution in [0.5, 0.6) is 11.5 Å². The van der Waals surface area contributed by atoms with Crippen molar-refractivity contribution in [2.45, 2.75) is 49.6 Å². The Hall–Kier alpha value is -5.18. The van der Waals surface area contributed by atoms with Crippen molar-refractivity contribution in [2.24, 2.45) is 0 Å². The van der Waals surface area contributed by atoms with Crippen molar-refractivity contribution in [3.05, 3.63) is 76.6 Å². The molecule has 1 saturated carbocycles. The minimum Gasteiger partial charge on any atom is -0.487 e. The number of aliphatic hydroxyl groups is 1. The van der Waals surface area contributed by atoms with Crippen molar-refractivity contribution < 1.29 is 42.8 Å². The monoisotopic (exact) mass is 649 g/mol. The number of hydrogen-bond donors (Lipinski definition) is 2. The van der Waals surface area contributed by atoms with Gasteiger partial charge in [-0.05, 0) is 31.0 Å². The maximum Gasteiger partial charge on any atom is 0.414 e. The number of carbonyl (C=O) groups excluding carboxylic acids is 1. The zero-order valence-electron chi connectivity index (χ0n) is 24.8. The van der Waals surface area contributed by atoms with Gasteiger partial charge in [-0.1, -0.05) is 0 Å². The van der Waals surface area contributed by atoms with E-state index in [-0.39, 0.29) is 61.3 Å². The molecule has 3 fully saturated rings. The van der Waals surface area contributed by atoms with Gasteiger partial charge in [-0.15, -0.1) is 0 Å². The second-order valence-corrected chi connectivity index (χ2v) is 12.5. The number of rotatable bonds is 8. The van der Waals surface area contributed by atoms with Gasteiger partial charge in [0.05, 0.1) is 48.6 Å². The molecule has 0 radical (unpaired) electrons. The predicted molar refractivity (Wildman–Crippen MR) is 161 cm³/mol. The summed E-state index contributed by atoms with van der Waals surface area (Å²) in [4.78, 5) is 44.2. The van der Waals surface area contributed by atoms with Gasteiger partial charge in [0.2, 0.25) is 5.43 Å². The number of benzene rings is 2. The number of pyridine rings is 1. The number of aromatic carboxylic acids is 1. The minimum atomic E-state index is -1.51. The van der Waals surface area contributed by atoms with Gasteiger partial charge in [0.1, 0.15) is 36.2 Å². The first kappa shape index (κ1) is 29.2. The highest BCUT2D eigenvalue weighted by Gasteiger charge is 2.48. The molecule has 3 atom stereocenters. The molecule has 2 saturated heterocycles. The van der Waals surface area contributed by atoms with Crippen LogP contribution in [0.4, 0.5) is 25.0 Å². The standard InChI is InChI=1S/C32H29F2N5O8/c33-23-7-18(38-11-20(47-31(38)43)10-36-6-5-35-16-36)3-4-25(23)46-15-32(44)9-19-13-45-29-26-21(8-24(34)27(29)39(19)14-32)28(40)22(30(41)42)12-37(26)17-1-2-17/h3-8,12,16-17,19-20,44H,1-2,9-11,13-15H2,(H,41,42)/t19-,20-,32-/m0/s1.